The maximum atomic E-state index is 13.7. The van der Waals surface area contributed by atoms with Gasteiger partial charge in [-0.25, -0.2) is 4.39 Å². The third-order valence-electron chi connectivity index (χ3n) is 5.00. The van der Waals surface area contributed by atoms with E-state index in [0.717, 1.165) is 12.1 Å². The molecule has 28 heavy (non-hydrogen) atoms. The zero-order chi connectivity index (χ0) is 18.8. The molecular weight excluding hydrogens is 383 g/mol. The predicted octanol–water partition coefficient (Wildman–Crippen LogP) is 2.18. The Bertz CT molecular complexity index is 879. The number of para-hydroxylation sites is 2. The van der Waals surface area contributed by atoms with Gasteiger partial charge in [-0.3, -0.25) is 19.4 Å². The fourth-order valence-electron chi connectivity index (χ4n) is 3.69. The van der Waals surface area contributed by atoms with Gasteiger partial charge in [0.15, 0.2) is 0 Å². The highest BCUT2D eigenvalue weighted by Gasteiger charge is 2.31. The minimum absolute atomic E-state index is 0. The molecule has 2 aliphatic rings. The lowest BCUT2D eigenvalue weighted by Crippen LogP contribution is -2.52. The molecule has 6 nitrogen and oxygen atoms in total. The molecule has 1 unspecified atom stereocenters. The molecule has 2 amide bonds. The molecule has 0 bridgehead atoms. The van der Waals surface area contributed by atoms with Crippen LogP contribution in [0.2, 0.25) is 0 Å². The van der Waals surface area contributed by atoms with E-state index in [1.807, 2.05) is 29.2 Å². The Kier molecular flexibility index (Phi) is 6.28. The summed E-state index contributed by atoms with van der Waals surface area (Å²) < 4.78 is 13.7. The average Bonchev–Trinajstić information content (AvgIpc) is 2.67. The van der Waals surface area contributed by atoms with Crippen LogP contribution in [-0.4, -0.2) is 49.4 Å². The normalized spacial score (nSPS) is 19.4. The number of fused-ring (bicyclic) bond motifs is 1. The summed E-state index contributed by atoms with van der Waals surface area (Å²) in [5.74, 6) is -0.629. The number of piperazine rings is 1. The highest BCUT2D eigenvalue weighted by Crippen LogP contribution is 2.30. The number of hydrogen-bond acceptors (Lipinski definition) is 4. The number of nitrogens with one attached hydrogen (secondary N) is 2. The van der Waals surface area contributed by atoms with Gasteiger partial charge in [0.2, 0.25) is 11.8 Å². The van der Waals surface area contributed by atoms with Gasteiger partial charge in [-0.1, -0.05) is 24.3 Å². The Balaban J connectivity index is 0.00000225. The second-order valence-corrected chi connectivity index (χ2v) is 6.79. The van der Waals surface area contributed by atoms with Crippen LogP contribution in [0.15, 0.2) is 48.5 Å². The Morgan fingerprint density at radius 2 is 2.00 bits per heavy atom. The summed E-state index contributed by atoms with van der Waals surface area (Å²) in [6.07, 6.45) is 0. The zero-order valence-corrected chi connectivity index (χ0v) is 16.0. The van der Waals surface area contributed by atoms with Crippen molar-refractivity contribution in [3.8, 4) is 0 Å². The van der Waals surface area contributed by atoms with E-state index in [1.165, 1.54) is 17.0 Å². The maximum absolute atomic E-state index is 13.7. The molecule has 1 atom stereocenters. The number of nitrogens with zero attached hydrogens (tertiary/aromatic N) is 2. The summed E-state index contributed by atoms with van der Waals surface area (Å²) in [6.45, 7) is 2.26. The SMILES string of the molecule is Cl.O=C1CN(C(=O)CN2CCNCC2c2cccc(F)c2)c2ccccc2N1. The van der Waals surface area contributed by atoms with E-state index < -0.39 is 0 Å². The quantitative estimate of drug-likeness (QED) is 0.823. The van der Waals surface area contributed by atoms with Gasteiger partial charge < -0.3 is 10.6 Å². The molecule has 0 aliphatic carbocycles. The van der Waals surface area contributed by atoms with Crippen LogP contribution in [0.4, 0.5) is 15.8 Å². The van der Waals surface area contributed by atoms with Gasteiger partial charge in [0.05, 0.1) is 17.9 Å². The minimum atomic E-state index is -0.286. The molecule has 148 valence electrons. The molecule has 0 radical (unpaired) electrons. The number of rotatable bonds is 3. The summed E-state index contributed by atoms with van der Waals surface area (Å²) in [6, 6.07) is 13.7. The Hall–Kier alpha value is -2.48. The van der Waals surface area contributed by atoms with E-state index in [0.29, 0.717) is 24.5 Å². The van der Waals surface area contributed by atoms with Crippen LogP contribution in [0.3, 0.4) is 0 Å². The van der Waals surface area contributed by atoms with Crippen molar-refractivity contribution in [2.75, 3.05) is 42.9 Å². The summed E-state index contributed by atoms with van der Waals surface area (Å²) in [7, 11) is 0. The van der Waals surface area contributed by atoms with Crippen LogP contribution < -0.4 is 15.5 Å². The first-order valence-electron chi connectivity index (χ1n) is 9.01. The molecule has 2 aromatic carbocycles. The summed E-state index contributed by atoms with van der Waals surface area (Å²) in [5, 5.41) is 6.10. The molecule has 8 heteroatoms. The summed E-state index contributed by atoms with van der Waals surface area (Å²) in [4.78, 5) is 28.6. The third kappa shape index (κ3) is 4.16. The van der Waals surface area contributed by atoms with Crippen molar-refractivity contribution in [3.05, 3.63) is 59.9 Å². The Morgan fingerprint density at radius 3 is 2.82 bits per heavy atom. The molecule has 4 rings (SSSR count). The van der Waals surface area contributed by atoms with Gasteiger partial charge in [-0.15, -0.1) is 12.4 Å². The van der Waals surface area contributed by atoms with Crippen LogP contribution >= 0.6 is 12.4 Å². The largest absolute Gasteiger partial charge is 0.323 e. The molecule has 1 saturated heterocycles. The highest BCUT2D eigenvalue weighted by molar-refractivity contribution is 6.10. The van der Waals surface area contributed by atoms with Crippen molar-refractivity contribution >= 4 is 35.6 Å². The molecular formula is C20H22ClFN4O2. The molecule has 2 heterocycles. The molecule has 0 saturated carbocycles. The first-order valence-corrected chi connectivity index (χ1v) is 9.01. The van der Waals surface area contributed by atoms with E-state index in [9.17, 15) is 14.0 Å². The smallest absolute Gasteiger partial charge is 0.244 e. The van der Waals surface area contributed by atoms with Crippen LogP contribution in [0.1, 0.15) is 11.6 Å². The minimum Gasteiger partial charge on any atom is -0.323 e. The van der Waals surface area contributed by atoms with Gasteiger partial charge in [-0.05, 0) is 29.8 Å². The molecule has 2 aromatic rings. The van der Waals surface area contributed by atoms with Gasteiger partial charge in [-0.2, -0.15) is 0 Å². The van der Waals surface area contributed by atoms with Crippen LogP contribution in [0, 0.1) is 5.82 Å². The first-order chi connectivity index (χ1) is 13.1. The van der Waals surface area contributed by atoms with E-state index in [-0.39, 0.29) is 49.2 Å². The van der Waals surface area contributed by atoms with E-state index in [1.54, 1.807) is 12.1 Å². The summed E-state index contributed by atoms with van der Waals surface area (Å²) >= 11 is 0. The number of halogens is 2. The average molecular weight is 405 g/mol. The van der Waals surface area contributed by atoms with Gasteiger partial charge in [0.1, 0.15) is 12.4 Å². The maximum Gasteiger partial charge on any atom is 0.244 e. The van der Waals surface area contributed by atoms with Gasteiger partial charge in [0.25, 0.3) is 0 Å². The summed E-state index contributed by atoms with van der Waals surface area (Å²) in [5.41, 5.74) is 2.19. The number of anilines is 2. The number of amides is 2. The third-order valence-corrected chi connectivity index (χ3v) is 5.00. The van der Waals surface area contributed by atoms with Crippen LogP contribution in [0.25, 0.3) is 0 Å². The lowest BCUT2D eigenvalue weighted by atomic mass is 10.0. The molecule has 1 fully saturated rings. The number of hydrogen-bond donors (Lipinski definition) is 2. The second kappa shape index (κ2) is 8.68. The fraction of sp³-hybridized carbons (Fsp3) is 0.300. The molecule has 0 aromatic heterocycles. The van der Waals surface area contributed by atoms with Crippen LogP contribution in [0.5, 0.6) is 0 Å². The first kappa shape index (κ1) is 20.3. The standard InChI is InChI=1S/C20H21FN4O2.ClH/c21-15-5-3-4-14(10-15)18-11-22-8-9-24(18)13-20(27)25-12-19(26)23-16-6-1-2-7-17(16)25;/h1-7,10,18,22H,8-9,11-13H2,(H,23,26);1H. The van der Waals surface area contributed by atoms with Gasteiger partial charge in [0, 0.05) is 25.7 Å². The molecule has 2 aliphatic heterocycles. The lowest BCUT2D eigenvalue weighted by molar-refractivity contribution is -0.123. The van der Waals surface area contributed by atoms with E-state index >= 15 is 0 Å². The van der Waals surface area contributed by atoms with Crippen molar-refractivity contribution in [2.24, 2.45) is 0 Å². The second-order valence-electron chi connectivity index (χ2n) is 6.79. The Morgan fingerprint density at radius 1 is 1.18 bits per heavy atom. The van der Waals surface area contributed by atoms with Crippen molar-refractivity contribution in [1.29, 1.82) is 0 Å². The van der Waals surface area contributed by atoms with E-state index in [4.69, 9.17) is 0 Å². The monoisotopic (exact) mass is 404 g/mol. The van der Waals surface area contributed by atoms with Crippen molar-refractivity contribution in [1.82, 2.24) is 10.2 Å². The highest BCUT2D eigenvalue weighted by atomic mass is 35.5. The zero-order valence-electron chi connectivity index (χ0n) is 15.2. The number of carbonyl (C=O) groups excluding carboxylic acids is 2. The number of benzene rings is 2. The van der Waals surface area contributed by atoms with Crippen molar-refractivity contribution < 1.29 is 14.0 Å². The Labute approximate surface area is 169 Å². The lowest BCUT2D eigenvalue weighted by Gasteiger charge is -2.38. The van der Waals surface area contributed by atoms with Crippen molar-refractivity contribution in [3.63, 3.8) is 0 Å². The number of carbonyl (C=O) groups is 2. The molecule has 0 spiro atoms. The topological polar surface area (TPSA) is 64.7 Å². The predicted molar refractivity (Wildman–Crippen MR) is 108 cm³/mol. The molecule has 2 N–H and O–H groups in total. The van der Waals surface area contributed by atoms with Crippen LogP contribution in [-0.2, 0) is 9.59 Å². The van der Waals surface area contributed by atoms with Gasteiger partial charge >= 0.3 is 0 Å². The van der Waals surface area contributed by atoms with E-state index in [2.05, 4.69) is 10.6 Å². The van der Waals surface area contributed by atoms with Crippen molar-refractivity contribution in [2.45, 2.75) is 6.04 Å². The fourth-order valence-corrected chi connectivity index (χ4v) is 3.69.